The minimum absolute atomic E-state index is 0.0199. The third kappa shape index (κ3) is 3.00. The van der Waals surface area contributed by atoms with Crippen LogP contribution in [0, 0.1) is 4.91 Å². The zero-order chi connectivity index (χ0) is 12.1. The lowest BCUT2D eigenvalue weighted by atomic mass is 10.4. The number of nitrogens with one attached hydrogen (secondary N) is 2. The van der Waals surface area contributed by atoms with Gasteiger partial charge in [0.25, 0.3) is 0 Å². The van der Waals surface area contributed by atoms with Crippen molar-refractivity contribution in [3.05, 3.63) is 51.3 Å². The Kier molecular flexibility index (Phi) is 3.29. The summed E-state index contributed by atoms with van der Waals surface area (Å²) in [5.41, 5.74) is -0.416. The second kappa shape index (κ2) is 5.06. The van der Waals surface area contributed by atoms with Gasteiger partial charge in [0.2, 0.25) is 0 Å². The van der Waals surface area contributed by atoms with E-state index >= 15 is 0 Å². The van der Waals surface area contributed by atoms with Crippen molar-refractivity contribution in [2.75, 3.05) is 5.32 Å². The Morgan fingerprint density at radius 2 is 2.18 bits per heavy atom. The SMILES string of the molecule is O=NCc1ccc(CNc2ccnc(=O)[nH]2)o1. The van der Waals surface area contributed by atoms with E-state index < -0.39 is 5.69 Å². The van der Waals surface area contributed by atoms with Crippen LogP contribution in [0.3, 0.4) is 0 Å². The number of nitroso groups, excluding NO2 is 1. The molecule has 2 rings (SSSR count). The summed E-state index contributed by atoms with van der Waals surface area (Å²) in [6.07, 6.45) is 1.41. The number of H-pyrrole nitrogens is 1. The Balaban J connectivity index is 1.97. The van der Waals surface area contributed by atoms with Crippen LogP contribution in [0.5, 0.6) is 0 Å². The molecule has 0 aromatic carbocycles. The lowest BCUT2D eigenvalue weighted by molar-refractivity contribution is 0.473. The van der Waals surface area contributed by atoms with Crippen molar-refractivity contribution < 1.29 is 4.42 Å². The third-order valence-corrected chi connectivity index (χ3v) is 2.07. The first kappa shape index (κ1) is 11.1. The Morgan fingerprint density at radius 1 is 1.35 bits per heavy atom. The molecule has 0 amide bonds. The summed E-state index contributed by atoms with van der Waals surface area (Å²) >= 11 is 0. The molecule has 0 atom stereocenters. The minimum Gasteiger partial charge on any atom is -0.462 e. The molecule has 0 saturated carbocycles. The number of hydrogen-bond acceptors (Lipinski definition) is 6. The van der Waals surface area contributed by atoms with Crippen LogP contribution in [0.2, 0.25) is 0 Å². The molecule has 2 aromatic rings. The van der Waals surface area contributed by atoms with Crippen molar-refractivity contribution in [3.63, 3.8) is 0 Å². The lowest BCUT2D eigenvalue weighted by Crippen LogP contribution is -2.12. The van der Waals surface area contributed by atoms with Crippen LogP contribution in [-0.2, 0) is 13.1 Å². The van der Waals surface area contributed by atoms with Crippen molar-refractivity contribution in [1.29, 1.82) is 0 Å². The van der Waals surface area contributed by atoms with E-state index in [0.29, 0.717) is 23.9 Å². The molecular weight excluding hydrogens is 224 g/mol. The largest absolute Gasteiger partial charge is 0.462 e. The van der Waals surface area contributed by atoms with E-state index in [0.717, 1.165) is 0 Å². The van der Waals surface area contributed by atoms with Crippen molar-refractivity contribution in [1.82, 2.24) is 9.97 Å². The standard InChI is InChI=1S/C10H10N4O3/c15-10-11-4-3-9(14-10)12-5-7-1-2-8(17-7)6-13-16/h1-4H,5-6H2,(H2,11,12,14,15). The van der Waals surface area contributed by atoms with Gasteiger partial charge in [-0.05, 0) is 18.2 Å². The topological polar surface area (TPSA) is 100 Å². The maximum Gasteiger partial charge on any atom is 0.346 e. The number of anilines is 1. The van der Waals surface area contributed by atoms with Gasteiger partial charge in [0.1, 0.15) is 23.9 Å². The molecule has 0 unspecified atom stereocenters. The maximum absolute atomic E-state index is 10.9. The lowest BCUT2D eigenvalue weighted by Gasteiger charge is -2.02. The second-order valence-electron chi connectivity index (χ2n) is 3.30. The molecule has 7 nitrogen and oxygen atoms in total. The van der Waals surface area contributed by atoms with Gasteiger partial charge in [-0.25, -0.2) is 9.78 Å². The fraction of sp³-hybridized carbons (Fsp3) is 0.200. The van der Waals surface area contributed by atoms with Crippen LogP contribution in [0.4, 0.5) is 5.82 Å². The fourth-order valence-electron chi connectivity index (χ4n) is 1.32. The van der Waals surface area contributed by atoms with Gasteiger partial charge in [0.15, 0.2) is 0 Å². The Bertz CT molecular complexity index is 560. The first-order valence-corrected chi connectivity index (χ1v) is 4.94. The number of nitrogens with zero attached hydrogens (tertiary/aromatic N) is 2. The van der Waals surface area contributed by atoms with E-state index in [2.05, 4.69) is 20.5 Å². The van der Waals surface area contributed by atoms with Gasteiger partial charge >= 0.3 is 5.69 Å². The van der Waals surface area contributed by atoms with Crippen LogP contribution in [0.1, 0.15) is 11.5 Å². The molecule has 7 heteroatoms. The number of aromatic amines is 1. The first-order valence-electron chi connectivity index (χ1n) is 4.94. The number of rotatable bonds is 5. The van der Waals surface area contributed by atoms with Gasteiger partial charge in [-0.15, -0.1) is 0 Å². The van der Waals surface area contributed by atoms with Gasteiger partial charge < -0.3 is 9.73 Å². The highest BCUT2D eigenvalue weighted by molar-refractivity contribution is 5.32. The highest BCUT2D eigenvalue weighted by atomic mass is 16.3. The smallest absolute Gasteiger partial charge is 0.346 e. The van der Waals surface area contributed by atoms with E-state index in [-0.39, 0.29) is 6.54 Å². The average Bonchev–Trinajstić information content (AvgIpc) is 2.75. The van der Waals surface area contributed by atoms with E-state index in [9.17, 15) is 9.70 Å². The molecule has 0 aliphatic carbocycles. The number of furan rings is 1. The summed E-state index contributed by atoms with van der Waals surface area (Å²) in [7, 11) is 0. The molecule has 0 aliphatic heterocycles. The molecule has 0 saturated heterocycles. The summed E-state index contributed by atoms with van der Waals surface area (Å²) < 4.78 is 5.31. The second-order valence-corrected chi connectivity index (χ2v) is 3.30. The molecular formula is C10H10N4O3. The normalized spacial score (nSPS) is 10.1. The number of aromatic nitrogens is 2. The van der Waals surface area contributed by atoms with Gasteiger partial charge in [-0.1, -0.05) is 5.18 Å². The third-order valence-electron chi connectivity index (χ3n) is 2.07. The molecule has 2 N–H and O–H groups in total. The van der Waals surface area contributed by atoms with Gasteiger partial charge in [-0.2, -0.15) is 4.91 Å². The van der Waals surface area contributed by atoms with Crippen molar-refractivity contribution in [2.45, 2.75) is 13.1 Å². The van der Waals surface area contributed by atoms with Crippen molar-refractivity contribution in [2.24, 2.45) is 5.18 Å². The maximum atomic E-state index is 10.9. The van der Waals surface area contributed by atoms with E-state index in [1.807, 2.05) is 0 Å². The van der Waals surface area contributed by atoms with Crippen molar-refractivity contribution >= 4 is 5.82 Å². The summed E-state index contributed by atoms with van der Waals surface area (Å²) in [5.74, 6) is 1.72. The predicted octanol–water partition coefficient (Wildman–Crippen LogP) is 1.24. The molecule has 0 radical (unpaired) electrons. The summed E-state index contributed by atoms with van der Waals surface area (Å²) in [5, 5.41) is 5.69. The Hall–Kier alpha value is -2.44. The van der Waals surface area contributed by atoms with Gasteiger partial charge in [0.05, 0.1) is 6.54 Å². The first-order chi connectivity index (χ1) is 8.28. The average molecular weight is 234 g/mol. The fourth-order valence-corrected chi connectivity index (χ4v) is 1.32. The molecule has 0 spiro atoms. The van der Waals surface area contributed by atoms with E-state index in [1.165, 1.54) is 6.20 Å². The minimum atomic E-state index is -0.416. The van der Waals surface area contributed by atoms with E-state index in [4.69, 9.17) is 4.42 Å². The van der Waals surface area contributed by atoms with Crippen molar-refractivity contribution in [3.8, 4) is 0 Å². The molecule has 2 heterocycles. The Labute approximate surface area is 95.9 Å². The molecule has 17 heavy (non-hydrogen) atoms. The Morgan fingerprint density at radius 3 is 2.94 bits per heavy atom. The number of hydrogen-bond donors (Lipinski definition) is 2. The molecule has 2 aromatic heterocycles. The molecule has 0 fully saturated rings. The highest BCUT2D eigenvalue weighted by Crippen LogP contribution is 2.10. The van der Waals surface area contributed by atoms with Crippen LogP contribution in [-0.4, -0.2) is 9.97 Å². The van der Waals surface area contributed by atoms with E-state index in [1.54, 1.807) is 18.2 Å². The van der Waals surface area contributed by atoms with Crippen LogP contribution in [0.15, 0.2) is 38.8 Å². The molecule has 0 aliphatic rings. The van der Waals surface area contributed by atoms with Crippen LogP contribution >= 0.6 is 0 Å². The quantitative estimate of drug-likeness (QED) is 0.758. The summed E-state index contributed by atoms with van der Waals surface area (Å²) in [4.78, 5) is 27.0. The molecule has 88 valence electrons. The zero-order valence-corrected chi connectivity index (χ0v) is 8.84. The van der Waals surface area contributed by atoms with Crippen LogP contribution < -0.4 is 11.0 Å². The van der Waals surface area contributed by atoms with Gasteiger partial charge in [0, 0.05) is 6.20 Å². The van der Waals surface area contributed by atoms with Crippen LogP contribution in [0.25, 0.3) is 0 Å². The molecule has 0 bridgehead atoms. The highest BCUT2D eigenvalue weighted by Gasteiger charge is 2.02. The zero-order valence-electron chi connectivity index (χ0n) is 8.84. The summed E-state index contributed by atoms with van der Waals surface area (Å²) in [6, 6.07) is 5.07. The predicted molar refractivity (Wildman–Crippen MR) is 60.4 cm³/mol. The monoisotopic (exact) mass is 234 g/mol. The van der Waals surface area contributed by atoms with Gasteiger partial charge in [-0.3, -0.25) is 4.98 Å². The summed E-state index contributed by atoms with van der Waals surface area (Å²) in [6.45, 7) is 0.422.